The van der Waals surface area contributed by atoms with Gasteiger partial charge >= 0.3 is 6.18 Å². The summed E-state index contributed by atoms with van der Waals surface area (Å²) >= 11 is 3.10. The molecule has 0 spiro atoms. The van der Waals surface area contributed by atoms with Gasteiger partial charge in [0, 0.05) is 16.1 Å². The maximum absolute atomic E-state index is 12.6. The van der Waals surface area contributed by atoms with E-state index in [-0.39, 0.29) is 5.39 Å². The van der Waals surface area contributed by atoms with Crippen LogP contribution in [0.25, 0.3) is 10.9 Å². The van der Waals surface area contributed by atoms with Crippen molar-refractivity contribution < 1.29 is 13.2 Å². The van der Waals surface area contributed by atoms with Crippen LogP contribution in [0.4, 0.5) is 13.2 Å². The third-order valence-corrected chi connectivity index (χ3v) is 2.43. The first-order valence-corrected chi connectivity index (χ1v) is 4.89. The molecule has 0 radical (unpaired) electrons. The van der Waals surface area contributed by atoms with Crippen LogP contribution in [0.1, 0.15) is 5.56 Å². The molecule has 0 amide bonds. The van der Waals surface area contributed by atoms with Crippen molar-refractivity contribution in [1.82, 2.24) is 4.98 Å². The van der Waals surface area contributed by atoms with Gasteiger partial charge in [-0.05, 0) is 34.1 Å². The van der Waals surface area contributed by atoms with Crippen molar-refractivity contribution in [2.24, 2.45) is 0 Å². The molecule has 0 atom stereocenters. The van der Waals surface area contributed by atoms with E-state index in [4.69, 9.17) is 0 Å². The third-order valence-electron chi connectivity index (χ3n) is 2.00. The molecule has 0 bridgehead atoms. The lowest BCUT2D eigenvalue weighted by molar-refractivity contribution is -0.136. The Kier molecular flexibility index (Phi) is 2.42. The second-order valence-corrected chi connectivity index (χ2v) is 3.94. The van der Waals surface area contributed by atoms with Crippen molar-refractivity contribution in [3.05, 3.63) is 40.5 Å². The fourth-order valence-electron chi connectivity index (χ4n) is 1.37. The number of nitrogens with zero attached hydrogens (tertiary/aromatic N) is 1. The number of aromatic nitrogens is 1. The highest BCUT2D eigenvalue weighted by Gasteiger charge is 2.32. The Balaban J connectivity index is 2.80. The number of pyridine rings is 1. The molecule has 0 aliphatic rings. The molecular weight excluding hydrogens is 271 g/mol. The molecule has 0 saturated carbocycles. The van der Waals surface area contributed by atoms with Gasteiger partial charge < -0.3 is 0 Å². The van der Waals surface area contributed by atoms with Crippen LogP contribution in [0.5, 0.6) is 0 Å². The number of halogens is 4. The van der Waals surface area contributed by atoms with Crippen molar-refractivity contribution in [3.8, 4) is 0 Å². The second-order valence-electron chi connectivity index (χ2n) is 3.02. The molecule has 5 heteroatoms. The van der Waals surface area contributed by atoms with E-state index in [1.165, 1.54) is 18.3 Å². The van der Waals surface area contributed by atoms with E-state index in [0.29, 0.717) is 9.99 Å². The summed E-state index contributed by atoms with van der Waals surface area (Å²) in [4.78, 5) is 3.91. The predicted octanol–water partition coefficient (Wildman–Crippen LogP) is 4.02. The minimum absolute atomic E-state index is 0.111. The number of fused-ring (bicyclic) bond motifs is 1. The SMILES string of the molecule is FC(F)(F)c1cccc2ncc(Br)cc12. The van der Waals surface area contributed by atoms with Gasteiger partial charge in [0.05, 0.1) is 11.1 Å². The van der Waals surface area contributed by atoms with Crippen LogP contribution in [0.15, 0.2) is 34.9 Å². The molecule has 2 rings (SSSR count). The minimum Gasteiger partial charge on any atom is -0.255 e. The molecule has 15 heavy (non-hydrogen) atoms. The van der Waals surface area contributed by atoms with Crippen LogP contribution in [-0.4, -0.2) is 4.98 Å². The topological polar surface area (TPSA) is 12.9 Å². The first kappa shape index (κ1) is 10.4. The smallest absolute Gasteiger partial charge is 0.255 e. The van der Waals surface area contributed by atoms with E-state index < -0.39 is 11.7 Å². The zero-order valence-corrected chi connectivity index (χ0v) is 8.93. The fraction of sp³-hybridized carbons (Fsp3) is 0.100. The van der Waals surface area contributed by atoms with Crippen LogP contribution in [0.3, 0.4) is 0 Å². The van der Waals surface area contributed by atoms with Gasteiger partial charge in [-0.1, -0.05) is 6.07 Å². The van der Waals surface area contributed by atoms with Crippen LogP contribution < -0.4 is 0 Å². The molecule has 0 aliphatic heterocycles. The van der Waals surface area contributed by atoms with Crippen LogP contribution in [0, 0.1) is 0 Å². The highest BCUT2D eigenvalue weighted by molar-refractivity contribution is 9.10. The van der Waals surface area contributed by atoms with E-state index in [2.05, 4.69) is 20.9 Å². The van der Waals surface area contributed by atoms with Crippen molar-refractivity contribution in [2.75, 3.05) is 0 Å². The number of rotatable bonds is 0. The Bertz CT molecular complexity index is 507. The summed E-state index contributed by atoms with van der Waals surface area (Å²) in [5.74, 6) is 0. The molecule has 1 aromatic carbocycles. The molecule has 1 aromatic heterocycles. The van der Waals surface area contributed by atoms with E-state index in [1.54, 1.807) is 6.07 Å². The molecule has 1 heterocycles. The van der Waals surface area contributed by atoms with Gasteiger partial charge in [-0.2, -0.15) is 13.2 Å². The molecular formula is C10H5BrF3N. The van der Waals surface area contributed by atoms with E-state index >= 15 is 0 Å². The predicted molar refractivity (Wildman–Crippen MR) is 54.4 cm³/mol. The summed E-state index contributed by atoms with van der Waals surface area (Å²) in [5, 5.41) is 0.111. The molecule has 0 aliphatic carbocycles. The highest BCUT2D eigenvalue weighted by Crippen LogP contribution is 2.34. The maximum Gasteiger partial charge on any atom is 0.417 e. The Hall–Kier alpha value is -1.10. The summed E-state index contributed by atoms with van der Waals surface area (Å²) in [6, 6.07) is 5.38. The largest absolute Gasteiger partial charge is 0.417 e. The van der Waals surface area contributed by atoms with Crippen LogP contribution in [0.2, 0.25) is 0 Å². The van der Waals surface area contributed by atoms with Crippen molar-refractivity contribution in [3.63, 3.8) is 0 Å². The number of hydrogen-bond acceptors (Lipinski definition) is 1. The first-order valence-electron chi connectivity index (χ1n) is 4.10. The van der Waals surface area contributed by atoms with Crippen molar-refractivity contribution in [1.29, 1.82) is 0 Å². The average Bonchev–Trinajstić information content (AvgIpc) is 2.15. The maximum atomic E-state index is 12.6. The standard InChI is InChI=1S/C10H5BrF3N/c11-6-4-7-8(10(12,13)14)2-1-3-9(7)15-5-6/h1-5H. The second kappa shape index (κ2) is 3.48. The lowest BCUT2D eigenvalue weighted by atomic mass is 10.1. The Morgan fingerprint density at radius 1 is 1.20 bits per heavy atom. The Labute approximate surface area is 92.1 Å². The normalized spacial score (nSPS) is 12.0. The van der Waals surface area contributed by atoms with Crippen molar-refractivity contribution in [2.45, 2.75) is 6.18 Å². The molecule has 0 unspecified atom stereocenters. The monoisotopic (exact) mass is 275 g/mol. The lowest BCUT2D eigenvalue weighted by Crippen LogP contribution is -2.05. The number of alkyl halides is 3. The fourth-order valence-corrected chi connectivity index (χ4v) is 1.70. The highest BCUT2D eigenvalue weighted by atomic mass is 79.9. The first-order chi connectivity index (χ1) is 6.98. The average molecular weight is 276 g/mol. The summed E-state index contributed by atoms with van der Waals surface area (Å²) in [5.41, 5.74) is -0.318. The van der Waals surface area contributed by atoms with Gasteiger partial charge in [-0.3, -0.25) is 4.98 Å². The van der Waals surface area contributed by atoms with Gasteiger partial charge in [-0.15, -0.1) is 0 Å². The number of benzene rings is 1. The van der Waals surface area contributed by atoms with Gasteiger partial charge in [-0.25, -0.2) is 0 Å². The van der Waals surface area contributed by atoms with Crippen LogP contribution >= 0.6 is 15.9 Å². The molecule has 0 saturated heterocycles. The summed E-state index contributed by atoms with van der Waals surface area (Å²) in [7, 11) is 0. The van der Waals surface area contributed by atoms with Gasteiger partial charge in [0.2, 0.25) is 0 Å². The molecule has 0 N–H and O–H groups in total. The van der Waals surface area contributed by atoms with Gasteiger partial charge in [0.1, 0.15) is 0 Å². The lowest BCUT2D eigenvalue weighted by Gasteiger charge is -2.09. The van der Waals surface area contributed by atoms with Crippen molar-refractivity contribution >= 4 is 26.8 Å². The van der Waals surface area contributed by atoms with E-state index in [1.807, 2.05) is 0 Å². The van der Waals surface area contributed by atoms with E-state index in [0.717, 1.165) is 6.07 Å². The van der Waals surface area contributed by atoms with Gasteiger partial charge in [0.25, 0.3) is 0 Å². The molecule has 78 valence electrons. The Morgan fingerprint density at radius 3 is 2.60 bits per heavy atom. The Morgan fingerprint density at radius 2 is 1.93 bits per heavy atom. The summed E-state index contributed by atoms with van der Waals surface area (Å²) in [6.45, 7) is 0. The van der Waals surface area contributed by atoms with Crippen LogP contribution in [-0.2, 0) is 6.18 Å². The zero-order valence-electron chi connectivity index (χ0n) is 7.35. The molecule has 2 aromatic rings. The summed E-state index contributed by atoms with van der Waals surface area (Å²) < 4.78 is 38.4. The molecule has 1 nitrogen and oxygen atoms in total. The molecule has 0 fully saturated rings. The quantitative estimate of drug-likeness (QED) is 0.708. The minimum atomic E-state index is -4.35. The van der Waals surface area contributed by atoms with Gasteiger partial charge in [0.15, 0.2) is 0 Å². The summed E-state index contributed by atoms with van der Waals surface area (Å²) in [6.07, 6.45) is -2.87. The third kappa shape index (κ3) is 1.97. The zero-order chi connectivity index (χ0) is 11.1. The van der Waals surface area contributed by atoms with E-state index in [9.17, 15) is 13.2 Å². The number of hydrogen-bond donors (Lipinski definition) is 0.